The van der Waals surface area contributed by atoms with Gasteiger partial charge in [-0.15, -0.1) is 0 Å². The molecule has 0 aliphatic carbocycles. The van der Waals surface area contributed by atoms with Crippen LogP contribution in [0.3, 0.4) is 0 Å². The number of nitrogens with zero attached hydrogens (tertiary/aromatic N) is 2. The first-order valence-corrected chi connectivity index (χ1v) is 10.1. The molecule has 0 spiro atoms. The van der Waals surface area contributed by atoms with Crippen LogP contribution in [-0.2, 0) is 9.59 Å². The summed E-state index contributed by atoms with van der Waals surface area (Å²) in [7, 11) is 1.78. The van der Waals surface area contributed by atoms with Gasteiger partial charge in [-0.1, -0.05) is 0 Å². The highest BCUT2D eigenvalue weighted by Gasteiger charge is 2.27. The van der Waals surface area contributed by atoms with E-state index in [0.717, 1.165) is 0 Å². The number of anilines is 4. The molecule has 0 saturated carbocycles. The van der Waals surface area contributed by atoms with Crippen molar-refractivity contribution in [2.45, 2.75) is 24.9 Å². The van der Waals surface area contributed by atoms with Gasteiger partial charge in [-0.2, -0.15) is 4.98 Å². The molecular weight excluding hydrogens is 434 g/mol. The van der Waals surface area contributed by atoms with Crippen LogP contribution in [0.15, 0.2) is 29.1 Å². The summed E-state index contributed by atoms with van der Waals surface area (Å²) in [6.45, 7) is 0.998. The first kappa shape index (κ1) is 23.4. The predicted molar refractivity (Wildman–Crippen MR) is 118 cm³/mol. The van der Waals surface area contributed by atoms with Crippen LogP contribution in [0, 0.1) is 0 Å². The van der Waals surface area contributed by atoms with Gasteiger partial charge < -0.3 is 41.6 Å². The number of carboxylic acid groups (broad SMARTS) is 2. The third-order valence-corrected chi connectivity index (χ3v) is 5.25. The molecule has 33 heavy (non-hydrogen) atoms. The number of H-pyrrole nitrogens is 1. The van der Waals surface area contributed by atoms with E-state index in [1.54, 1.807) is 19.2 Å². The van der Waals surface area contributed by atoms with Crippen molar-refractivity contribution in [2.24, 2.45) is 0 Å². The summed E-state index contributed by atoms with van der Waals surface area (Å²) in [5.41, 5.74) is 6.56. The Bertz CT molecular complexity index is 1100. The minimum atomic E-state index is -1.39. The standard InChI is InChI=1S/C20H25N7O6/c1-27-12(9-23-16-15(27)18(31)26-20(21)25-16)8-22-11-4-2-10(3-5-11)17(30)24-13(19(32)33)6-7-14(28)29/h2-5,12-13,22H,6-9H2,1H3,(H,24,30)(H,28,29)(H,32,33)(H4,21,23,25,26,31)/p-1. The second-order valence-electron chi connectivity index (χ2n) is 7.53. The number of carbonyl (C=O) groups excluding carboxylic acids is 2. The molecule has 1 amide bonds. The van der Waals surface area contributed by atoms with Crippen molar-refractivity contribution in [3.8, 4) is 0 Å². The van der Waals surface area contributed by atoms with E-state index in [2.05, 4.69) is 25.9 Å². The Balaban J connectivity index is 1.58. The van der Waals surface area contributed by atoms with E-state index in [9.17, 15) is 24.3 Å². The van der Waals surface area contributed by atoms with E-state index in [4.69, 9.17) is 10.8 Å². The number of amides is 1. The summed E-state index contributed by atoms with van der Waals surface area (Å²) in [6.07, 6.45) is -0.759. The van der Waals surface area contributed by atoms with Crippen molar-refractivity contribution in [1.29, 1.82) is 0 Å². The van der Waals surface area contributed by atoms with E-state index in [1.807, 2.05) is 4.90 Å². The maximum absolute atomic E-state index is 12.3. The summed E-state index contributed by atoms with van der Waals surface area (Å²) in [4.78, 5) is 54.7. The highest BCUT2D eigenvalue weighted by Crippen LogP contribution is 2.25. The Kier molecular flexibility index (Phi) is 7.00. The maximum Gasteiger partial charge on any atom is 0.326 e. The minimum Gasteiger partial charge on any atom is -0.550 e. The van der Waals surface area contributed by atoms with Crippen molar-refractivity contribution in [1.82, 2.24) is 15.3 Å². The Hall–Kier alpha value is -4.29. The number of nitrogens with one attached hydrogen (secondary N) is 4. The van der Waals surface area contributed by atoms with Gasteiger partial charge in [0, 0.05) is 37.4 Å². The summed E-state index contributed by atoms with van der Waals surface area (Å²) < 4.78 is 0. The average Bonchev–Trinajstić information content (AvgIpc) is 2.75. The number of benzene rings is 1. The highest BCUT2D eigenvalue weighted by atomic mass is 16.4. The van der Waals surface area contributed by atoms with Crippen LogP contribution in [0.2, 0.25) is 0 Å². The van der Waals surface area contributed by atoms with Crippen LogP contribution in [0.25, 0.3) is 0 Å². The van der Waals surface area contributed by atoms with E-state index in [0.29, 0.717) is 30.3 Å². The second-order valence-corrected chi connectivity index (χ2v) is 7.53. The van der Waals surface area contributed by atoms with Crippen molar-refractivity contribution in [2.75, 3.05) is 41.4 Å². The number of hydrogen-bond acceptors (Lipinski definition) is 10. The molecule has 1 aliphatic heterocycles. The minimum absolute atomic E-state index is 0.0360. The predicted octanol–water partition coefficient (Wildman–Crippen LogP) is -1.59. The van der Waals surface area contributed by atoms with Crippen molar-refractivity contribution in [3.05, 3.63) is 40.2 Å². The Labute approximate surface area is 188 Å². The molecule has 0 fully saturated rings. The highest BCUT2D eigenvalue weighted by molar-refractivity contribution is 5.96. The Morgan fingerprint density at radius 3 is 2.67 bits per heavy atom. The molecule has 3 rings (SSSR count). The molecule has 1 aromatic heterocycles. The normalized spacial score (nSPS) is 15.7. The molecule has 13 nitrogen and oxygen atoms in total. The lowest BCUT2D eigenvalue weighted by Crippen LogP contribution is -2.48. The summed E-state index contributed by atoms with van der Waals surface area (Å²) in [5, 5.41) is 28.3. The number of aliphatic carboxylic acids is 2. The van der Waals surface area contributed by atoms with Gasteiger partial charge in [0.05, 0.1) is 6.04 Å². The largest absolute Gasteiger partial charge is 0.550 e. The number of carbonyl (C=O) groups is 3. The van der Waals surface area contributed by atoms with Gasteiger partial charge in [-0.05, 0) is 37.1 Å². The lowest BCUT2D eigenvalue weighted by molar-refractivity contribution is -0.305. The zero-order valence-corrected chi connectivity index (χ0v) is 17.8. The fraction of sp³-hybridized carbons (Fsp3) is 0.350. The molecule has 0 saturated heterocycles. The smallest absolute Gasteiger partial charge is 0.326 e. The van der Waals surface area contributed by atoms with E-state index in [1.165, 1.54) is 12.1 Å². The quantitative estimate of drug-likeness (QED) is 0.252. The molecule has 7 N–H and O–H groups in total. The summed E-state index contributed by atoms with van der Waals surface area (Å²) in [6, 6.07) is 4.94. The molecule has 176 valence electrons. The molecule has 2 unspecified atom stereocenters. The molecular formula is C20H24N7O6-. The fourth-order valence-electron chi connectivity index (χ4n) is 3.41. The zero-order chi connectivity index (χ0) is 24.1. The van der Waals surface area contributed by atoms with Gasteiger partial charge >= 0.3 is 5.97 Å². The molecule has 13 heteroatoms. The average molecular weight is 458 g/mol. The van der Waals surface area contributed by atoms with Gasteiger partial charge in [-0.3, -0.25) is 14.6 Å². The fourth-order valence-corrected chi connectivity index (χ4v) is 3.41. The summed E-state index contributed by atoms with van der Waals surface area (Å²) in [5.74, 6) is -2.89. The Morgan fingerprint density at radius 1 is 1.33 bits per heavy atom. The van der Waals surface area contributed by atoms with Gasteiger partial charge in [-0.25, -0.2) is 4.79 Å². The number of rotatable bonds is 9. The van der Waals surface area contributed by atoms with Gasteiger partial charge in [0.1, 0.15) is 11.7 Å². The van der Waals surface area contributed by atoms with Gasteiger partial charge in [0.25, 0.3) is 11.5 Å². The zero-order valence-electron chi connectivity index (χ0n) is 17.8. The number of hydrogen-bond donors (Lipinski definition) is 6. The molecule has 1 aliphatic rings. The number of aromatic nitrogens is 2. The number of fused-ring (bicyclic) bond motifs is 1. The van der Waals surface area contributed by atoms with Crippen LogP contribution in [-0.4, -0.2) is 65.1 Å². The van der Waals surface area contributed by atoms with E-state index < -0.39 is 30.3 Å². The van der Waals surface area contributed by atoms with Crippen LogP contribution < -0.4 is 37.2 Å². The maximum atomic E-state index is 12.3. The van der Waals surface area contributed by atoms with Gasteiger partial charge in [0.15, 0.2) is 5.82 Å². The third-order valence-electron chi connectivity index (χ3n) is 5.25. The number of carboxylic acids is 2. The van der Waals surface area contributed by atoms with Crippen molar-refractivity contribution in [3.63, 3.8) is 0 Å². The number of nitrogen functional groups attached to an aromatic ring is 1. The summed E-state index contributed by atoms with van der Waals surface area (Å²) >= 11 is 0. The van der Waals surface area contributed by atoms with E-state index in [-0.39, 0.29) is 29.5 Å². The molecule has 2 atom stereocenters. The number of aromatic amines is 1. The molecule has 0 radical (unpaired) electrons. The van der Waals surface area contributed by atoms with Crippen LogP contribution in [0.4, 0.5) is 23.1 Å². The van der Waals surface area contributed by atoms with Crippen molar-refractivity contribution >= 4 is 41.0 Å². The Morgan fingerprint density at radius 2 is 2.03 bits per heavy atom. The van der Waals surface area contributed by atoms with Gasteiger partial charge in [0.2, 0.25) is 5.95 Å². The molecule has 2 heterocycles. The lowest BCUT2D eigenvalue weighted by Gasteiger charge is -2.35. The van der Waals surface area contributed by atoms with Crippen LogP contribution in [0.1, 0.15) is 23.2 Å². The lowest BCUT2D eigenvalue weighted by atomic mass is 10.1. The van der Waals surface area contributed by atoms with Crippen molar-refractivity contribution < 1.29 is 24.6 Å². The first-order valence-electron chi connectivity index (χ1n) is 10.1. The SMILES string of the molecule is CN1c2c(nc(N)[nH]c2=O)NCC1CNc1ccc(C(=O)NC(CCC(=O)[O-])C(=O)O)cc1. The molecule has 0 bridgehead atoms. The topological polar surface area (TPSA) is 206 Å². The van der Waals surface area contributed by atoms with Crippen LogP contribution >= 0.6 is 0 Å². The monoisotopic (exact) mass is 458 g/mol. The number of nitrogens with two attached hydrogens (primary N) is 1. The van der Waals surface area contributed by atoms with E-state index >= 15 is 0 Å². The first-order chi connectivity index (χ1) is 15.7. The van der Waals surface area contributed by atoms with Crippen LogP contribution in [0.5, 0.6) is 0 Å². The molecule has 1 aromatic carbocycles. The molecule has 2 aromatic rings. The second kappa shape index (κ2) is 9.89. The number of likely N-dealkylation sites (N-methyl/N-ethyl adjacent to an activating group) is 1. The third kappa shape index (κ3) is 5.70.